The standard InChI is InChI=1S/C30H18O2/c1-2-9-20(10-3-1)29-21-12-4-5-13-22(21)30(32-29)24-18-17-19-11-8-16-26-27(19)28(24)23-14-6-7-15-25(23)31-26/h1-18H. The molecule has 2 nitrogen and oxygen atoms in total. The maximum Gasteiger partial charge on any atom is 0.143 e. The van der Waals surface area contributed by atoms with Gasteiger partial charge in [0.1, 0.15) is 23.0 Å². The molecule has 5 aromatic carbocycles. The molecule has 150 valence electrons. The van der Waals surface area contributed by atoms with Gasteiger partial charge in [-0.2, -0.15) is 0 Å². The maximum absolute atomic E-state index is 6.67. The summed E-state index contributed by atoms with van der Waals surface area (Å²) in [5.74, 6) is 3.55. The molecule has 0 bridgehead atoms. The normalized spacial score (nSPS) is 12.0. The van der Waals surface area contributed by atoms with Crippen LogP contribution in [0.2, 0.25) is 0 Å². The summed E-state index contributed by atoms with van der Waals surface area (Å²) in [7, 11) is 0. The van der Waals surface area contributed by atoms with E-state index in [2.05, 4.69) is 66.7 Å². The molecule has 0 spiro atoms. The summed E-state index contributed by atoms with van der Waals surface area (Å²) >= 11 is 0. The van der Waals surface area contributed by atoms with Gasteiger partial charge >= 0.3 is 0 Å². The van der Waals surface area contributed by atoms with Crippen molar-refractivity contribution in [3.8, 4) is 45.3 Å². The van der Waals surface area contributed by atoms with Gasteiger partial charge in [0.05, 0.1) is 0 Å². The second-order valence-corrected chi connectivity index (χ2v) is 8.11. The van der Waals surface area contributed by atoms with E-state index in [0.717, 1.165) is 61.3 Å². The summed E-state index contributed by atoms with van der Waals surface area (Å²) in [5, 5.41) is 4.53. The molecule has 1 aliphatic rings. The molecule has 7 rings (SSSR count). The first-order valence-electron chi connectivity index (χ1n) is 10.8. The van der Waals surface area contributed by atoms with Gasteiger partial charge in [0.15, 0.2) is 0 Å². The fraction of sp³-hybridized carbons (Fsp3) is 0. The van der Waals surface area contributed by atoms with E-state index in [1.165, 1.54) is 5.56 Å². The molecule has 0 saturated heterocycles. The Hall–Kier alpha value is -4.30. The summed E-state index contributed by atoms with van der Waals surface area (Å²) in [4.78, 5) is 0. The number of rotatable bonds is 2. The molecular formula is C30H18O2. The van der Waals surface area contributed by atoms with Crippen molar-refractivity contribution in [3.63, 3.8) is 0 Å². The lowest BCUT2D eigenvalue weighted by molar-refractivity contribution is 0.487. The zero-order chi connectivity index (χ0) is 21.1. The first-order chi connectivity index (χ1) is 15.9. The van der Waals surface area contributed by atoms with Crippen LogP contribution in [0.1, 0.15) is 0 Å². The van der Waals surface area contributed by atoms with Crippen LogP contribution in [0, 0.1) is 0 Å². The number of hydrogen-bond acceptors (Lipinski definition) is 2. The Balaban J connectivity index is 1.61. The van der Waals surface area contributed by atoms with Crippen LogP contribution in [0.5, 0.6) is 11.5 Å². The van der Waals surface area contributed by atoms with Crippen LogP contribution in [0.4, 0.5) is 0 Å². The fourth-order valence-electron chi connectivity index (χ4n) is 4.88. The summed E-state index contributed by atoms with van der Waals surface area (Å²) in [5.41, 5.74) is 4.42. The monoisotopic (exact) mass is 410 g/mol. The molecule has 0 atom stereocenters. The SMILES string of the molecule is c1ccc(-c2oc(-c3ccc4cccc5c4c3-c3ccccc3O5)c3ccccc23)cc1. The largest absolute Gasteiger partial charge is 0.456 e. The van der Waals surface area contributed by atoms with Gasteiger partial charge in [0.2, 0.25) is 0 Å². The Bertz CT molecular complexity index is 1640. The van der Waals surface area contributed by atoms with Crippen LogP contribution < -0.4 is 4.74 Å². The number of benzene rings is 5. The van der Waals surface area contributed by atoms with Crippen molar-refractivity contribution in [2.24, 2.45) is 0 Å². The van der Waals surface area contributed by atoms with Crippen LogP contribution in [0.25, 0.3) is 55.3 Å². The van der Waals surface area contributed by atoms with Crippen LogP contribution in [0.15, 0.2) is 114 Å². The molecule has 6 aromatic rings. The van der Waals surface area contributed by atoms with Crippen molar-refractivity contribution >= 4 is 21.5 Å². The number of ether oxygens (including phenoxy) is 1. The van der Waals surface area contributed by atoms with E-state index in [0.29, 0.717) is 0 Å². The number of fused-ring (bicyclic) bond motifs is 3. The van der Waals surface area contributed by atoms with Crippen molar-refractivity contribution in [2.45, 2.75) is 0 Å². The van der Waals surface area contributed by atoms with E-state index in [9.17, 15) is 0 Å². The Morgan fingerprint density at radius 1 is 0.469 bits per heavy atom. The minimum atomic E-state index is 0.874. The molecule has 0 N–H and O–H groups in total. The third kappa shape index (κ3) is 2.41. The van der Waals surface area contributed by atoms with E-state index >= 15 is 0 Å². The molecule has 1 aromatic heterocycles. The molecule has 2 heterocycles. The highest BCUT2D eigenvalue weighted by Gasteiger charge is 2.26. The lowest BCUT2D eigenvalue weighted by Gasteiger charge is -2.23. The number of furan rings is 1. The van der Waals surface area contributed by atoms with E-state index in [4.69, 9.17) is 9.15 Å². The van der Waals surface area contributed by atoms with Crippen molar-refractivity contribution in [2.75, 3.05) is 0 Å². The Morgan fingerprint density at radius 2 is 1.19 bits per heavy atom. The van der Waals surface area contributed by atoms with Crippen LogP contribution in [-0.4, -0.2) is 0 Å². The van der Waals surface area contributed by atoms with Crippen molar-refractivity contribution in [1.29, 1.82) is 0 Å². The van der Waals surface area contributed by atoms with Crippen molar-refractivity contribution in [3.05, 3.63) is 109 Å². The first kappa shape index (κ1) is 17.4. The molecule has 32 heavy (non-hydrogen) atoms. The van der Waals surface area contributed by atoms with Gasteiger partial charge in [0, 0.05) is 38.4 Å². The molecular weight excluding hydrogens is 392 g/mol. The van der Waals surface area contributed by atoms with Crippen molar-refractivity contribution in [1.82, 2.24) is 0 Å². The zero-order valence-electron chi connectivity index (χ0n) is 17.2. The minimum absolute atomic E-state index is 0.874. The quantitative estimate of drug-likeness (QED) is 0.284. The van der Waals surface area contributed by atoms with Gasteiger partial charge in [-0.3, -0.25) is 0 Å². The third-order valence-electron chi connectivity index (χ3n) is 6.28. The summed E-state index contributed by atoms with van der Waals surface area (Å²) in [6.07, 6.45) is 0. The highest BCUT2D eigenvalue weighted by molar-refractivity contribution is 6.13. The third-order valence-corrected chi connectivity index (χ3v) is 6.28. The molecule has 0 saturated carbocycles. The second-order valence-electron chi connectivity index (χ2n) is 8.11. The zero-order valence-corrected chi connectivity index (χ0v) is 17.2. The first-order valence-corrected chi connectivity index (χ1v) is 10.8. The second kappa shape index (κ2) is 6.60. The molecule has 1 aliphatic heterocycles. The van der Waals surface area contributed by atoms with Gasteiger partial charge in [-0.15, -0.1) is 0 Å². The summed E-state index contributed by atoms with van der Waals surface area (Å²) in [6.45, 7) is 0. The topological polar surface area (TPSA) is 22.4 Å². The summed E-state index contributed by atoms with van der Waals surface area (Å²) < 4.78 is 12.9. The molecule has 0 radical (unpaired) electrons. The van der Waals surface area contributed by atoms with Crippen LogP contribution in [0.3, 0.4) is 0 Å². The molecule has 0 fully saturated rings. The highest BCUT2D eigenvalue weighted by Crippen LogP contribution is 2.52. The average molecular weight is 410 g/mol. The summed E-state index contributed by atoms with van der Waals surface area (Å²) in [6, 6.07) is 37.6. The molecule has 0 aliphatic carbocycles. The maximum atomic E-state index is 6.67. The van der Waals surface area contributed by atoms with Gasteiger partial charge < -0.3 is 9.15 Å². The predicted molar refractivity (Wildman–Crippen MR) is 130 cm³/mol. The van der Waals surface area contributed by atoms with Crippen LogP contribution >= 0.6 is 0 Å². The Kier molecular flexibility index (Phi) is 3.58. The average Bonchev–Trinajstić information content (AvgIpc) is 3.24. The Labute approximate surface area is 185 Å². The highest BCUT2D eigenvalue weighted by atomic mass is 16.5. The Morgan fingerprint density at radius 3 is 2.06 bits per heavy atom. The molecule has 2 heteroatoms. The number of hydrogen-bond donors (Lipinski definition) is 0. The predicted octanol–water partition coefficient (Wildman–Crippen LogP) is 8.69. The smallest absolute Gasteiger partial charge is 0.143 e. The van der Waals surface area contributed by atoms with E-state index < -0.39 is 0 Å². The lowest BCUT2D eigenvalue weighted by atomic mass is 9.89. The lowest BCUT2D eigenvalue weighted by Crippen LogP contribution is -1.98. The van der Waals surface area contributed by atoms with E-state index in [1.54, 1.807) is 0 Å². The fourth-order valence-corrected chi connectivity index (χ4v) is 4.88. The van der Waals surface area contributed by atoms with E-state index in [1.807, 2.05) is 42.5 Å². The van der Waals surface area contributed by atoms with Crippen molar-refractivity contribution < 1.29 is 9.15 Å². The van der Waals surface area contributed by atoms with Gasteiger partial charge in [-0.05, 0) is 23.6 Å². The van der Waals surface area contributed by atoms with Gasteiger partial charge in [-0.25, -0.2) is 0 Å². The molecule has 0 unspecified atom stereocenters. The number of para-hydroxylation sites is 1. The van der Waals surface area contributed by atoms with Gasteiger partial charge in [0.25, 0.3) is 0 Å². The van der Waals surface area contributed by atoms with E-state index in [-0.39, 0.29) is 0 Å². The van der Waals surface area contributed by atoms with Gasteiger partial charge in [-0.1, -0.05) is 91.0 Å². The minimum Gasteiger partial charge on any atom is -0.456 e. The molecule has 0 amide bonds. The van der Waals surface area contributed by atoms with Crippen LogP contribution in [-0.2, 0) is 0 Å².